The number of esters is 1. The van der Waals surface area contributed by atoms with Gasteiger partial charge in [0.05, 0.1) is 11.1 Å². The van der Waals surface area contributed by atoms with E-state index in [1.54, 1.807) is 6.07 Å². The lowest BCUT2D eigenvalue weighted by Crippen LogP contribution is -2.50. The van der Waals surface area contributed by atoms with E-state index < -0.39 is 5.97 Å². The lowest BCUT2D eigenvalue weighted by atomic mass is 9.78. The number of para-hydroxylation sites is 1. The van der Waals surface area contributed by atoms with Gasteiger partial charge < -0.3 is 9.64 Å². The Kier molecular flexibility index (Phi) is 5.10. The van der Waals surface area contributed by atoms with Gasteiger partial charge in [0.15, 0.2) is 6.61 Å². The van der Waals surface area contributed by atoms with E-state index in [0.29, 0.717) is 17.5 Å². The van der Waals surface area contributed by atoms with Crippen LogP contribution in [0.4, 0.5) is 0 Å². The lowest BCUT2D eigenvalue weighted by Gasteiger charge is -2.44. The average Bonchev–Trinajstić information content (AvgIpc) is 2.70. The third-order valence-corrected chi connectivity index (χ3v) is 5.95. The van der Waals surface area contributed by atoms with E-state index in [1.165, 1.54) is 25.7 Å². The Morgan fingerprint density at radius 3 is 2.81 bits per heavy atom. The molecule has 2 atom stereocenters. The summed E-state index contributed by atoms with van der Waals surface area (Å²) >= 11 is 0. The lowest BCUT2D eigenvalue weighted by molar-refractivity contribution is -0.140. The fourth-order valence-electron chi connectivity index (χ4n) is 4.70. The number of aryl methyl sites for hydroxylation is 1. The monoisotopic (exact) mass is 366 g/mol. The minimum absolute atomic E-state index is 0.0602. The van der Waals surface area contributed by atoms with Crippen molar-refractivity contribution < 1.29 is 14.3 Å². The highest BCUT2D eigenvalue weighted by Gasteiger charge is 2.35. The first-order valence-electron chi connectivity index (χ1n) is 9.96. The molecular formula is C22H26N2O3. The van der Waals surface area contributed by atoms with Crippen molar-refractivity contribution in [1.82, 2.24) is 9.88 Å². The third kappa shape index (κ3) is 3.68. The van der Waals surface area contributed by atoms with Crippen molar-refractivity contribution in [3.8, 4) is 0 Å². The summed E-state index contributed by atoms with van der Waals surface area (Å²) in [4.78, 5) is 31.8. The molecule has 2 fully saturated rings. The van der Waals surface area contributed by atoms with Gasteiger partial charge in [-0.25, -0.2) is 4.79 Å². The number of ether oxygens (including phenoxy) is 1. The number of fused-ring (bicyclic) bond motifs is 2. The summed E-state index contributed by atoms with van der Waals surface area (Å²) < 4.78 is 5.43. The van der Waals surface area contributed by atoms with Gasteiger partial charge in [-0.05, 0) is 50.7 Å². The SMILES string of the molecule is Cc1cc(C(=O)OCC(=O)N2CCC[C@@H]3CCCC[C@@H]32)c2ccccc2n1. The van der Waals surface area contributed by atoms with Gasteiger partial charge >= 0.3 is 5.97 Å². The van der Waals surface area contributed by atoms with Gasteiger partial charge in [-0.2, -0.15) is 0 Å². The van der Waals surface area contributed by atoms with Crippen LogP contribution in [0.5, 0.6) is 0 Å². The first-order chi connectivity index (χ1) is 13.1. The zero-order chi connectivity index (χ0) is 18.8. The van der Waals surface area contributed by atoms with Gasteiger partial charge in [0.2, 0.25) is 0 Å². The Balaban J connectivity index is 1.45. The van der Waals surface area contributed by atoms with Crippen molar-refractivity contribution in [2.45, 2.75) is 51.5 Å². The Morgan fingerprint density at radius 2 is 1.93 bits per heavy atom. The molecule has 27 heavy (non-hydrogen) atoms. The van der Waals surface area contributed by atoms with E-state index in [4.69, 9.17) is 4.74 Å². The van der Waals surface area contributed by atoms with E-state index in [-0.39, 0.29) is 12.5 Å². The number of rotatable bonds is 3. The molecule has 142 valence electrons. The molecule has 5 nitrogen and oxygen atoms in total. The number of carbonyl (C=O) groups excluding carboxylic acids is 2. The number of hydrogen-bond donors (Lipinski definition) is 0. The number of carbonyl (C=O) groups is 2. The quantitative estimate of drug-likeness (QED) is 0.774. The maximum atomic E-state index is 12.8. The number of piperidine rings is 1. The zero-order valence-corrected chi connectivity index (χ0v) is 15.8. The molecule has 0 spiro atoms. The molecule has 2 heterocycles. The molecule has 1 aromatic heterocycles. The summed E-state index contributed by atoms with van der Waals surface area (Å²) in [5.74, 6) is 0.108. The second kappa shape index (κ2) is 7.67. The normalized spacial score (nSPS) is 22.3. The Hall–Kier alpha value is -2.43. The molecule has 4 rings (SSSR count). The molecule has 0 N–H and O–H groups in total. The molecule has 1 saturated heterocycles. The molecular weight excluding hydrogens is 340 g/mol. The van der Waals surface area contributed by atoms with Crippen molar-refractivity contribution in [3.63, 3.8) is 0 Å². The van der Waals surface area contributed by atoms with Crippen LogP contribution in [0.2, 0.25) is 0 Å². The smallest absolute Gasteiger partial charge is 0.339 e. The minimum atomic E-state index is -0.456. The summed E-state index contributed by atoms with van der Waals surface area (Å²) in [7, 11) is 0. The van der Waals surface area contributed by atoms with Gasteiger partial charge in [-0.15, -0.1) is 0 Å². The molecule has 0 bridgehead atoms. The second-order valence-electron chi connectivity index (χ2n) is 7.75. The summed E-state index contributed by atoms with van der Waals surface area (Å²) in [5.41, 5.74) is 1.99. The molecule has 2 aliphatic rings. The topological polar surface area (TPSA) is 59.5 Å². The molecule has 2 aromatic rings. The number of nitrogens with zero attached hydrogens (tertiary/aromatic N) is 2. The van der Waals surface area contributed by atoms with Crippen LogP contribution >= 0.6 is 0 Å². The van der Waals surface area contributed by atoms with Gasteiger partial charge in [0, 0.05) is 23.7 Å². The Bertz CT molecular complexity index is 862. The van der Waals surface area contributed by atoms with E-state index in [0.717, 1.165) is 36.0 Å². The molecule has 5 heteroatoms. The first kappa shape index (κ1) is 18.0. The Labute approximate surface area is 159 Å². The highest BCUT2D eigenvalue weighted by molar-refractivity contribution is 6.04. The summed E-state index contributed by atoms with van der Waals surface area (Å²) in [6, 6.07) is 9.57. The molecule has 1 aliphatic heterocycles. The van der Waals surface area contributed by atoms with Crippen LogP contribution in [-0.4, -0.2) is 41.0 Å². The number of aromatic nitrogens is 1. The van der Waals surface area contributed by atoms with Crippen molar-refractivity contribution >= 4 is 22.8 Å². The second-order valence-corrected chi connectivity index (χ2v) is 7.75. The predicted octanol–water partition coefficient (Wildman–Crippen LogP) is 3.88. The van der Waals surface area contributed by atoms with Crippen molar-refractivity contribution in [2.75, 3.05) is 13.2 Å². The third-order valence-electron chi connectivity index (χ3n) is 5.95. The first-order valence-corrected chi connectivity index (χ1v) is 9.96. The standard InChI is InChI=1S/C22H26N2O3/c1-15-13-18(17-9-3-4-10-19(17)23-15)22(26)27-14-21(25)24-12-6-8-16-7-2-5-11-20(16)24/h3-4,9-10,13,16,20H,2,5-8,11-12,14H2,1H3/t16-,20-/m0/s1. The number of benzene rings is 1. The minimum Gasteiger partial charge on any atom is -0.452 e. The highest BCUT2D eigenvalue weighted by Crippen LogP contribution is 2.35. The van der Waals surface area contributed by atoms with Crippen LogP contribution in [0.15, 0.2) is 30.3 Å². The maximum Gasteiger partial charge on any atom is 0.339 e. The number of pyridine rings is 1. The molecule has 1 aliphatic carbocycles. The van der Waals surface area contributed by atoms with Gasteiger partial charge in [-0.3, -0.25) is 9.78 Å². The van der Waals surface area contributed by atoms with Gasteiger partial charge in [0.1, 0.15) is 0 Å². The highest BCUT2D eigenvalue weighted by atomic mass is 16.5. The van der Waals surface area contributed by atoms with Crippen molar-refractivity contribution in [3.05, 3.63) is 41.6 Å². The maximum absolute atomic E-state index is 12.8. The molecule has 1 aromatic carbocycles. The van der Waals surface area contributed by atoms with E-state index in [9.17, 15) is 9.59 Å². The summed E-state index contributed by atoms with van der Waals surface area (Å²) in [5, 5.41) is 0.755. The molecule has 1 saturated carbocycles. The van der Waals surface area contributed by atoms with Crippen LogP contribution in [0.1, 0.15) is 54.6 Å². The summed E-state index contributed by atoms with van der Waals surface area (Å²) in [6.07, 6.45) is 7.03. The van der Waals surface area contributed by atoms with Crippen LogP contribution in [0.25, 0.3) is 10.9 Å². The van der Waals surface area contributed by atoms with Gasteiger partial charge in [0.25, 0.3) is 5.91 Å². The average molecular weight is 366 g/mol. The van der Waals surface area contributed by atoms with E-state index >= 15 is 0 Å². The summed E-state index contributed by atoms with van der Waals surface area (Å²) in [6.45, 7) is 2.46. The number of likely N-dealkylation sites (tertiary alicyclic amines) is 1. The number of hydrogen-bond acceptors (Lipinski definition) is 4. The van der Waals surface area contributed by atoms with Crippen LogP contribution in [0.3, 0.4) is 0 Å². The van der Waals surface area contributed by atoms with E-state index in [2.05, 4.69) is 4.98 Å². The molecule has 1 amide bonds. The van der Waals surface area contributed by atoms with E-state index in [1.807, 2.05) is 36.1 Å². The van der Waals surface area contributed by atoms with Crippen LogP contribution in [0, 0.1) is 12.8 Å². The van der Waals surface area contributed by atoms with Crippen LogP contribution < -0.4 is 0 Å². The zero-order valence-electron chi connectivity index (χ0n) is 15.8. The van der Waals surface area contributed by atoms with Crippen molar-refractivity contribution in [1.29, 1.82) is 0 Å². The fourth-order valence-corrected chi connectivity index (χ4v) is 4.70. The Morgan fingerprint density at radius 1 is 1.15 bits per heavy atom. The fraction of sp³-hybridized carbons (Fsp3) is 0.500. The predicted molar refractivity (Wildman–Crippen MR) is 103 cm³/mol. The van der Waals surface area contributed by atoms with Crippen LogP contribution in [-0.2, 0) is 9.53 Å². The molecule has 0 unspecified atom stereocenters. The molecule has 0 radical (unpaired) electrons. The number of amides is 1. The van der Waals surface area contributed by atoms with Crippen molar-refractivity contribution in [2.24, 2.45) is 5.92 Å². The largest absolute Gasteiger partial charge is 0.452 e. The van der Waals surface area contributed by atoms with Gasteiger partial charge in [-0.1, -0.05) is 31.0 Å².